The van der Waals surface area contributed by atoms with Gasteiger partial charge in [-0.1, -0.05) is 29.8 Å². The standard InChI is InChI=1S/C20H22ClFN2O/c1-23-11-9-15-13-24(2)18-8-7-17(22)20(19(15)18)25-12-10-14-5-3-4-6-16(14)21/h3-8,13,23H,9-12H2,1-2H3. The molecule has 0 fully saturated rings. The van der Waals surface area contributed by atoms with E-state index in [1.165, 1.54) is 6.07 Å². The molecule has 0 aliphatic rings. The van der Waals surface area contributed by atoms with E-state index in [9.17, 15) is 4.39 Å². The minimum absolute atomic E-state index is 0.330. The predicted octanol–water partition coefficient (Wildman–Crippen LogP) is 4.35. The van der Waals surface area contributed by atoms with Crippen LogP contribution in [0.5, 0.6) is 5.75 Å². The first kappa shape index (κ1) is 17.8. The number of hydrogen-bond acceptors (Lipinski definition) is 2. The first-order valence-corrected chi connectivity index (χ1v) is 8.77. The highest BCUT2D eigenvalue weighted by atomic mass is 35.5. The van der Waals surface area contributed by atoms with Gasteiger partial charge in [0.2, 0.25) is 0 Å². The van der Waals surface area contributed by atoms with Gasteiger partial charge in [-0.25, -0.2) is 4.39 Å². The third-order valence-corrected chi connectivity index (χ3v) is 4.73. The molecule has 3 rings (SSSR count). The fraction of sp³-hybridized carbons (Fsp3) is 0.300. The number of nitrogens with one attached hydrogen (secondary N) is 1. The Balaban J connectivity index is 1.87. The summed E-state index contributed by atoms with van der Waals surface area (Å²) in [6, 6.07) is 10.9. The van der Waals surface area contributed by atoms with Crippen LogP contribution >= 0.6 is 11.6 Å². The summed E-state index contributed by atoms with van der Waals surface area (Å²) in [4.78, 5) is 0. The van der Waals surface area contributed by atoms with E-state index in [1.807, 2.05) is 49.1 Å². The van der Waals surface area contributed by atoms with Crippen molar-refractivity contribution in [1.82, 2.24) is 9.88 Å². The van der Waals surface area contributed by atoms with Crippen LogP contribution in [0.15, 0.2) is 42.6 Å². The van der Waals surface area contributed by atoms with Crippen LogP contribution in [0, 0.1) is 5.82 Å². The van der Waals surface area contributed by atoms with Gasteiger partial charge in [-0.3, -0.25) is 0 Å². The highest BCUT2D eigenvalue weighted by Crippen LogP contribution is 2.33. The number of rotatable bonds is 7. The molecule has 25 heavy (non-hydrogen) atoms. The lowest BCUT2D eigenvalue weighted by atomic mass is 10.1. The Morgan fingerprint density at radius 2 is 1.92 bits per heavy atom. The average Bonchev–Trinajstić information content (AvgIpc) is 2.92. The number of nitrogens with zero attached hydrogens (tertiary/aromatic N) is 1. The number of benzene rings is 2. The summed E-state index contributed by atoms with van der Waals surface area (Å²) >= 11 is 6.18. The van der Waals surface area contributed by atoms with Crippen molar-refractivity contribution < 1.29 is 9.13 Å². The summed E-state index contributed by atoms with van der Waals surface area (Å²) in [6.45, 7) is 1.20. The third kappa shape index (κ3) is 3.80. The van der Waals surface area contributed by atoms with E-state index in [0.717, 1.165) is 35.0 Å². The van der Waals surface area contributed by atoms with Crippen LogP contribution in [-0.4, -0.2) is 24.8 Å². The van der Waals surface area contributed by atoms with Crippen LogP contribution in [0.4, 0.5) is 4.39 Å². The third-order valence-electron chi connectivity index (χ3n) is 4.36. The molecule has 132 valence electrons. The van der Waals surface area contributed by atoms with E-state index in [0.29, 0.717) is 23.8 Å². The smallest absolute Gasteiger partial charge is 0.165 e. The van der Waals surface area contributed by atoms with Gasteiger partial charge in [-0.2, -0.15) is 0 Å². The van der Waals surface area contributed by atoms with Crippen molar-refractivity contribution in [1.29, 1.82) is 0 Å². The number of likely N-dealkylation sites (N-methyl/N-ethyl adjacent to an activating group) is 1. The van der Waals surface area contributed by atoms with E-state index in [4.69, 9.17) is 16.3 Å². The number of aryl methyl sites for hydroxylation is 1. The summed E-state index contributed by atoms with van der Waals surface area (Å²) in [6.07, 6.45) is 3.49. The van der Waals surface area contributed by atoms with Crippen molar-refractivity contribution in [2.45, 2.75) is 12.8 Å². The monoisotopic (exact) mass is 360 g/mol. The van der Waals surface area contributed by atoms with Crippen LogP contribution in [0.3, 0.4) is 0 Å². The molecule has 0 bridgehead atoms. The molecule has 1 heterocycles. The fourth-order valence-corrected chi connectivity index (χ4v) is 3.30. The maximum Gasteiger partial charge on any atom is 0.165 e. The van der Waals surface area contributed by atoms with Gasteiger partial charge in [0, 0.05) is 30.1 Å². The molecule has 0 saturated heterocycles. The van der Waals surface area contributed by atoms with Gasteiger partial charge in [0.05, 0.1) is 12.1 Å². The topological polar surface area (TPSA) is 26.2 Å². The second kappa shape index (κ2) is 7.89. The van der Waals surface area contributed by atoms with E-state index < -0.39 is 0 Å². The van der Waals surface area contributed by atoms with E-state index >= 15 is 0 Å². The Morgan fingerprint density at radius 3 is 2.68 bits per heavy atom. The van der Waals surface area contributed by atoms with Crippen molar-refractivity contribution in [2.75, 3.05) is 20.2 Å². The molecule has 3 aromatic rings. The number of hydrogen-bond donors (Lipinski definition) is 1. The second-order valence-corrected chi connectivity index (χ2v) is 6.49. The fourth-order valence-electron chi connectivity index (χ4n) is 3.07. The zero-order valence-corrected chi connectivity index (χ0v) is 15.2. The Morgan fingerprint density at radius 1 is 1.12 bits per heavy atom. The van der Waals surface area contributed by atoms with Gasteiger partial charge in [-0.15, -0.1) is 0 Å². The Hall–Kier alpha value is -2.04. The van der Waals surface area contributed by atoms with Crippen molar-refractivity contribution >= 4 is 22.5 Å². The summed E-state index contributed by atoms with van der Waals surface area (Å²) in [5, 5.41) is 4.70. The molecule has 0 aliphatic heterocycles. The molecular weight excluding hydrogens is 339 g/mol. The van der Waals surface area contributed by atoms with E-state index in [1.54, 1.807) is 6.07 Å². The summed E-state index contributed by atoms with van der Waals surface area (Å²) in [5.74, 6) is -0.000164. The number of ether oxygens (including phenoxy) is 1. The Bertz CT molecular complexity index is 876. The quantitative estimate of drug-likeness (QED) is 0.677. The van der Waals surface area contributed by atoms with Gasteiger partial charge >= 0.3 is 0 Å². The van der Waals surface area contributed by atoms with Crippen molar-refractivity contribution in [3.63, 3.8) is 0 Å². The molecule has 0 spiro atoms. The van der Waals surface area contributed by atoms with Gasteiger partial charge in [0.1, 0.15) is 0 Å². The zero-order valence-electron chi connectivity index (χ0n) is 14.5. The normalized spacial score (nSPS) is 11.2. The highest BCUT2D eigenvalue weighted by molar-refractivity contribution is 6.31. The molecule has 0 aliphatic carbocycles. The largest absolute Gasteiger partial charge is 0.489 e. The van der Waals surface area contributed by atoms with Crippen LogP contribution in [0.25, 0.3) is 10.9 Å². The lowest BCUT2D eigenvalue weighted by Gasteiger charge is -2.11. The molecule has 3 nitrogen and oxygen atoms in total. The van der Waals surface area contributed by atoms with Crippen LogP contribution in [0.1, 0.15) is 11.1 Å². The molecule has 1 N–H and O–H groups in total. The first-order chi connectivity index (χ1) is 12.1. The second-order valence-electron chi connectivity index (χ2n) is 6.08. The molecule has 1 aromatic heterocycles. The molecule has 2 aromatic carbocycles. The number of fused-ring (bicyclic) bond motifs is 1. The number of aromatic nitrogens is 1. The Kier molecular flexibility index (Phi) is 5.61. The molecule has 0 saturated carbocycles. The number of halogens is 2. The lowest BCUT2D eigenvalue weighted by Crippen LogP contribution is -2.10. The summed E-state index contributed by atoms with van der Waals surface area (Å²) in [5.41, 5.74) is 3.06. The van der Waals surface area contributed by atoms with Crippen molar-refractivity contribution in [2.24, 2.45) is 7.05 Å². The highest BCUT2D eigenvalue weighted by Gasteiger charge is 2.16. The van der Waals surface area contributed by atoms with Gasteiger partial charge in [0.25, 0.3) is 0 Å². The maximum absolute atomic E-state index is 14.5. The molecule has 0 unspecified atom stereocenters. The predicted molar refractivity (Wildman–Crippen MR) is 101 cm³/mol. The van der Waals surface area contributed by atoms with E-state index in [2.05, 4.69) is 5.32 Å². The van der Waals surface area contributed by atoms with Crippen LogP contribution < -0.4 is 10.1 Å². The SMILES string of the molecule is CNCCc1cn(C)c2ccc(F)c(OCCc3ccccc3Cl)c12. The summed E-state index contributed by atoms with van der Waals surface area (Å²) < 4.78 is 22.4. The molecule has 0 atom stereocenters. The average molecular weight is 361 g/mol. The maximum atomic E-state index is 14.5. The van der Waals surface area contributed by atoms with Gasteiger partial charge < -0.3 is 14.6 Å². The minimum Gasteiger partial charge on any atom is -0.489 e. The van der Waals surface area contributed by atoms with Crippen LogP contribution in [0.2, 0.25) is 5.02 Å². The van der Waals surface area contributed by atoms with E-state index in [-0.39, 0.29) is 5.82 Å². The van der Waals surface area contributed by atoms with Crippen molar-refractivity contribution in [3.8, 4) is 5.75 Å². The van der Waals surface area contributed by atoms with Gasteiger partial charge in [0.15, 0.2) is 11.6 Å². The molecule has 0 amide bonds. The zero-order chi connectivity index (χ0) is 17.8. The minimum atomic E-state index is -0.330. The molecule has 5 heteroatoms. The van der Waals surface area contributed by atoms with Gasteiger partial charge in [-0.05, 0) is 49.3 Å². The Labute approximate surface area is 152 Å². The molecule has 0 radical (unpaired) electrons. The molecular formula is C20H22ClFN2O. The van der Waals surface area contributed by atoms with Crippen LogP contribution in [-0.2, 0) is 19.9 Å². The van der Waals surface area contributed by atoms with Crippen molar-refractivity contribution in [3.05, 3.63) is 64.6 Å². The lowest BCUT2D eigenvalue weighted by molar-refractivity contribution is 0.309. The summed E-state index contributed by atoms with van der Waals surface area (Å²) in [7, 11) is 3.88. The first-order valence-electron chi connectivity index (χ1n) is 8.39.